The minimum absolute atomic E-state index is 0.0813. The molecular formula is C23H28N2O3S. The molecule has 0 radical (unpaired) electrons. The number of thiazole rings is 1. The van der Waals surface area contributed by atoms with E-state index in [1.54, 1.807) is 6.07 Å². The van der Waals surface area contributed by atoms with Crippen LogP contribution in [-0.2, 0) is 13.0 Å². The lowest BCUT2D eigenvalue weighted by atomic mass is 9.97. The number of piperidine rings is 1. The molecule has 1 unspecified atom stereocenters. The molecule has 0 bridgehead atoms. The number of aryl methyl sites for hydroxylation is 2. The van der Waals surface area contributed by atoms with E-state index >= 15 is 0 Å². The van der Waals surface area contributed by atoms with E-state index in [1.807, 2.05) is 19.2 Å². The van der Waals surface area contributed by atoms with Crippen LogP contribution in [0.3, 0.4) is 0 Å². The van der Waals surface area contributed by atoms with Crippen LogP contribution in [0.15, 0.2) is 26.9 Å². The fourth-order valence-corrected chi connectivity index (χ4v) is 5.17. The van der Waals surface area contributed by atoms with Crippen molar-refractivity contribution in [2.45, 2.75) is 65.5 Å². The van der Waals surface area contributed by atoms with Gasteiger partial charge in [0.1, 0.15) is 22.6 Å². The summed E-state index contributed by atoms with van der Waals surface area (Å²) in [6.07, 6.45) is 6.85. The first-order valence-corrected chi connectivity index (χ1v) is 11.4. The summed E-state index contributed by atoms with van der Waals surface area (Å²) >= 11 is 1.45. The van der Waals surface area contributed by atoms with E-state index in [1.165, 1.54) is 36.9 Å². The molecule has 0 spiro atoms. The van der Waals surface area contributed by atoms with Crippen LogP contribution >= 0.6 is 11.3 Å². The second kappa shape index (κ2) is 8.28. The summed E-state index contributed by atoms with van der Waals surface area (Å²) < 4.78 is 5.99. The Morgan fingerprint density at radius 3 is 2.86 bits per heavy atom. The average Bonchev–Trinajstić information content (AvgIpc) is 3.16. The molecule has 3 aromatic rings. The monoisotopic (exact) mass is 412 g/mol. The lowest BCUT2D eigenvalue weighted by molar-refractivity contribution is 0.135. The van der Waals surface area contributed by atoms with Crippen LogP contribution in [0.4, 0.5) is 0 Å². The lowest BCUT2D eigenvalue weighted by Gasteiger charge is -2.35. The van der Waals surface area contributed by atoms with Gasteiger partial charge in [0.2, 0.25) is 5.43 Å². The zero-order valence-electron chi connectivity index (χ0n) is 17.3. The molecule has 6 heteroatoms. The molecule has 1 fully saturated rings. The largest absolute Gasteiger partial charge is 0.507 e. The first kappa shape index (κ1) is 20.1. The standard InChI is InChI=1S/C23H28N2O3S/c1-4-15-10-17-21(27)19(23-24-14(3)13-29-23)12-28-22(17)18(20(15)26)11-25-9-7-6-8-16(25)5-2/h10,12-13,16,26H,4-9,11H2,1-3H3. The highest BCUT2D eigenvalue weighted by Crippen LogP contribution is 2.35. The van der Waals surface area contributed by atoms with E-state index in [4.69, 9.17) is 4.42 Å². The number of likely N-dealkylation sites (tertiary alicyclic amines) is 1. The van der Waals surface area contributed by atoms with Gasteiger partial charge in [-0.1, -0.05) is 20.3 Å². The molecule has 5 nitrogen and oxygen atoms in total. The minimum atomic E-state index is -0.0813. The van der Waals surface area contributed by atoms with Crippen molar-refractivity contribution < 1.29 is 9.52 Å². The van der Waals surface area contributed by atoms with Gasteiger partial charge in [0.15, 0.2) is 0 Å². The maximum atomic E-state index is 13.3. The summed E-state index contributed by atoms with van der Waals surface area (Å²) in [7, 11) is 0. The molecule has 1 aromatic carbocycles. The van der Waals surface area contributed by atoms with Gasteiger partial charge in [0, 0.05) is 23.7 Å². The summed E-state index contributed by atoms with van der Waals surface area (Å²) in [5, 5.41) is 14.1. The normalized spacial score (nSPS) is 17.8. The number of aromatic nitrogens is 1. The average molecular weight is 413 g/mol. The van der Waals surface area contributed by atoms with Gasteiger partial charge in [-0.25, -0.2) is 4.98 Å². The molecule has 3 heterocycles. The number of rotatable bonds is 5. The Balaban J connectivity index is 1.86. The minimum Gasteiger partial charge on any atom is -0.507 e. The fourth-order valence-electron chi connectivity index (χ4n) is 4.37. The van der Waals surface area contributed by atoms with Gasteiger partial charge in [-0.05, 0) is 50.8 Å². The third-order valence-electron chi connectivity index (χ3n) is 6.02. The highest BCUT2D eigenvalue weighted by atomic mass is 32.1. The quantitative estimate of drug-likeness (QED) is 0.619. The number of fused-ring (bicyclic) bond motifs is 1. The Labute approximate surface area is 175 Å². The number of phenols is 1. The van der Waals surface area contributed by atoms with Crippen molar-refractivity contribution in [2.75, 3.05) is 6.54 Å². The number of benzene rings is 1. The van der Waals surface area contributed by atoms with Crippen LogP contribution < -0.4 is 5.43 Å². The molecule has 1 aliphatic heterocycles. The van der Waals surface area contributed by atoms with E-state index in [0.717, 1.165) is 29.8 Å². The number of nitrogens with zero attached hydrogens (tertiary/aromatic N) is 2. The molecular weight excluding hydrogens is 384 g/mol. The summed E-state index contributed by atoms with van der Waals surface area (Å²) in [6.45, 7) is 7.74. The van der Waals surface area contributed by atoms with Crippen LogP contribution in [0, 0.1) is 6.92 Å². The topological polar surface area (TPSA) is 66.6 Å². The summed E-state index contributed by atoms with van der Waals surface area (Å²) in [4.78, 5) is 20.2. The summed E-state index contributed by atoms with van der Waals surface area (Å²) in [5.41, 5.74) is 3.32. The fraction of sp³-hybridized carbons (Fsp3) is 0.478. The van der Waals surface area contributed by atoms with Crippen LogP contribution in [0.5, 0.6) is 5.75 Å². The molecule has 1 N–H and O–H groups in total. The third kappa shape index (κ3) is 3.71. The van der Waals surface area contributed by atoms with Gasteiger partial charge in [-0.2, -0.15) is 0 Å². The van der Waals surface area contributed by atoms with Crippen molar-refractivity contribution in [3.05, 3.63) is 44.8 Å². The Hall–Kier alpha value is -2.18. The first-order valence-electron chi connectivity index (χ1n) is 10.5. The van der Waals surface area contributed by atoms with E-state index < -0.39 is 0 Å². The third-order valence-corrected chi connectivity index (χ3v) is 7.02. The highest BCUT2D eigenvalue weighted by molar-refractivity contribution is 7.13. The zero-order chi connectivity index (χ0) is 20.5. The molecule has 4 rings (SSSR count). The Morgan fingerprint density at radius 2 is 2.17 bits per heavy atom. The second-order valence-corrected chi connectivity index (χ2v) is 8.75. The van der Waals surface area contributed by atoms with E-state index in [-0.39, 0.29) is 11.2 Å². The summed E-state index contributed by atoms with van der Waals surface area (Å²) in [5.74, 6) is 0.265. The maximum Gasteiger partial charge on any atom is 0.202 e. The molecule has 0 amide bonds. The number of aromatic hydroxyl groups is 1. The smallest absolute Gasteiger partial charge is 0.202 e. The Morgan fingerprint density at radius 1 is 1.34 bits per heavy atom. The predicted molar refractivity (Wildman–Crippen MR) is 118 cm³/mol. The van der Waals surface area contributed by atoms with Crippen molar-refractivity contribution in [1.29, 1.82) is 0 Å². The van der Waals surface area contributed by atoms with Gasteiger partial charge >= 0.3 is 0 Å². The van der Waals surface area contributed by atoms with Crippen LogP contribution in [0.1, 0.15) is 56.4 Å². The van der Waals surface area contributed by atoms with Gasteiger partial charge in [-0.15, -0.1) is 11.3 Å². The van der Waals surface area contributed by atoms with Crippen molar-refractivity contribution in [3.63, 3.8) is 0 Å². The maximum absolute atomic E-state index is 13.3. The summed E-state index contributed by atoms with van der Waals surface area (Å²) in [6, 6.07) is 2.30. The molecule has 154 valence electrons. The Bertz CT molecular complexity index is 1090. The van der Waals surface area contributed by atoms with Gasteiger partial charge in [-0.3, -0.25) is 9.69 Å². The number of hydrogen-bond acceptors (Lipinski definition) is 6. The van der Waals surface area contributed by atoms with Gasteiger partial charge in [0.05, 0.1) is 16.5 Å². The van der Waals surface area contributed by atoms with E-state index in [9.17, 15) is 9.90 Å². The van der Waals surface area contributed by atoms with Crippen LogP contribution in [-0.4, -0.2) is 27.6 Å². The molecule has 1 aliphatic rings. The number of hydrogen-bond donors (Lipinski definition) is 1. The molecule has 2 aromatic heterocycles. The zero-order valence-corrected chi connectivity index (χ0v) is 18.1. The first-order chi connectivity index (χ1) is 14.0. The molecule has 1 saturated heterocycles. The Kier molecular flexibility index (Phi) is 5.74. The number of phenolic OH excluding ortho intramolecular Hbond substituents is 1. The second-order valence-electron chi connectivity index (χ2n) is 7.89. The predicted octanol–water partition coefficient (Wildman–Crippen LogP) is 5.26. The van der Waals surface area contributed by atoms with Crippen molar-refractivity contribution in [3.8, 4) is 16.3 Å². The molecule has 0 aliphatic carbocycles. The van der Waals surface area contributed by atoms with Crippen LogP contribution in [0.25, 0.3) is 21.5 Å². The van der Waals surface area contributed by atoms with E-state index in [2.05, 4.69) is 16.8 Å². The molecule has 0 saturated carbocycles. The SMILES string of the molecule is CCc1cc2c(=O)c(-c3nc(C)cs3)coc2c(CN2CCCCC2CC)c1O. The highest BCUT2D eigenvalue weighted by Gasteiger charge is 2.25. The van der Waals surface area contributed by atoms with Crippen molar-refractivity contribution >= 4 is 22.3 Å². The van der Waals surface area contributed by atoms with Gasteiger partial charge in [0.25, 0.3) is 0 Å². The van der Waals surface area contributed by atoms with Crippen LogP contribution in [0.2, 0.25) is 0 Å². The van der Waals surface area contributed by atoms with Crippen molar-refractivity contribution in [1.82, 2.24) is 9.88 Å². The van der Waals surface area contributed by atoms with Gasteiger partial charge < -0.3 is 9.52 Å². The molecule has 29 heavy (non-hydrogen) atoms. The molecule has 1 atom stereocenters. The van der Waals surface area contributed by atoms with Crippen molar-refractivity contribution in [2.24, 2.45) is 0 Å². The lowest BCUT2D eigenvalue weighted by Crippen LogP contribution is -2.38. The van der Waals surface area contributed by atoms with E-state index in [0.29, 0.717) is 40.5 Å².